The molecule has 0 bridgehead atoms. The summed E-state index contributed by atoms with van der Waals surface area (Å²) in [6, 6.07) is 7.72. The number of hydrogen-bond donors (Lipinski definition) is 1. The number of hydrogen-bond acceptors (Lipinski definition) is 2. The lowest BCUT2D eigenvalue weighted by Crippen LogP contribution is -2.30. The second kappa shape index (κ2) is 15.4. The summed E-state index contributed by atoms with van der Waals surface area (Å²) in [7, 11) is 0. The first-order valence-corrected chi connectivity index (χ1v) is 10.0. The van der Waals surface area contributed by atoms with Gasteiger partial charge in [0.25, 0.3) is 5.91 Å². The van der Waals surface area contributed by atoms with Crippen LogP contribution >= 0.6 is 0 Å². The maximum atomic E-state index is 11.9. The number of benzene rings is 1. The summed E-state index contributed by atoms with van der Waals surface area (Å²) in [5, 5.41) is 8.35. The highest BCUT2D eigenvalue weighted by Gasteiger charge is 2.11. The molecule has 0 spiro atoms. The molecule has 4 heteroatoms. The third kappa shape index (κ3) is 11.7. The first kappa shape index (κ1) is 24.2. The van der Waals surface area contributed by atoms with Crippen molar-refractivity contribution in [2.24, 2.45) is 0 Å². The number of nitrogens with zero attached hydrogens (tertiary/aromatic N) is 1. The average Bonchev–Trinajstić information content (AvgIpc) is 2.62. The Kier molecular flexibility index (Phi) is 14.3. The molecule has 0 fully saturated rings. The Balaban J connectivity index is 0.000000488. The maximum absolute atomic E-state index is 11.9. The number of aliphatic carboxylic acids is 1. The SMILES string of the molecule is CCCCCCCCCC(=O)O.CCN(CC)C(=O)c1cccc(C)c1. The van der Waals surface area contributed by atoms with Crippen LogP contribution in [0.25, 0.3) is 0 Å². The number of carboxylic acid groups (broad SMARTS) is 1. The standard InChI is InChI=1S/C12H17NO.C10H20O2/c1-4-13(5-2)12(14)11-8-6-7-10(3)9-11;1-2-3-4-5-6-7-8-9-10(11)12/h6-9H,4-5H2,1-3H3;2-9H2,1H3,(H,11,12). The van der Waals surface area contributed by atoms with E-state index in [0.29, 0.717) is 6.42 Å². The predicted octanol–water partition coefficient (Wildman–Crippen LogP) is 5.69. The van der Waals surface area contributed by atoms with Crippen molar-refractivity contribution in [3.05, 3.63) is 35.4 Å². The first-order valence-electron chi connectivity index (χ1n) is 10.0. The van der Waals surface area contributed by atoms with Crippen LogP contribution in [0.1, 0.15) is 88.1 Å². The molecule has 1 amide bonds. The molecule has 0 aromatic heterocycles. The van der Waals surface area contributed by atoms with Crippen LogP contribution in [0, 0.1) is 6.92 Å². The Hall–Kier alpha value is -1.84. The minimum Gasteiger partial charge on any atom is -0.481 e. The van der Waals surface area contributed by atoms with Crippen molar-refractivity contribution in [2.45, 2.75) is 79.1 Å². The zero-order valence-corrected chi connectivity index (χ0v) is 17.1. The summed E-state index contributed by atoms with van der Waals surface area (Å²) in [6.07, 6.45) is 8.64. The highest BCUT2D eigenvalue weighted by Crippen LogP contribution is 2.08. The second-order valence-electron chi connectivity index (χ2n) is 6.61. The van der Waals surface area contributed by atoms with Crippen molar-refractivity contribution in [3.8, 4) is 0 Å². The zero-order chi connectivity index (χ0) is 19.8. The molecule has 1 N–H and O–H groups in total. The van der Waals surface area contributed by atoms with Gasteiger partial charge in [-0.3, -0.25) is 9.59 Å². The fraction of sp³-hybridized carbons (Fsp3) is 0.636. The summed E-state index contributed by atoms with van der Waals surface area (Å²) < 4.78 is 0. The Bertz CT molecular complexity index is 510. The molecule has 0 heterocycles. The van der Waals surface area contributed by atoms with E-state index < -0.39 is 5.97 Å². The largest absolute Gasteiger partial charge is 0.481 e. The number of carbonyl (C=O) groups is 2. The Labute approximate surface area is 159 Å². The van der Waals surface area contributed by atoms with E-state index in [1.807, 2.05) is 49.9 Å². The first-order chi connectivity index (χ1) is 12.5. The van der Waals surface area contributed by atoms with Gasteiger partial charge in [0.05, 0.1) is 0 Å². The van der Waals surface area contributed by atoms with E-state index in [9.17, 15) is 9.59 Å². The molecule has 4 nitrogen and oxygen atoms in total. The van der Waals surface area contributed by atoms with Crippen LogP contribution in [0.2, 0.25) is 0 Å². The topological polar surface area (TPSA) is 57.6 Å². The number of aryl methyl sites for hydroxylation is 1. The molecule has 26 heavy (non-hydrogen) atoms. The maximum Gasteiger partial charge on any atom is 0.303 e. The molecule has 0 atom stereocenters. The average molecular weight is 364 g/mol. The highest BCUT2D eigenvalue weighted by molar-refractivity contribution is 5.94. The number of amides is 1. The summed E-state index contributed by atoms with van der Waals surface area (Å²) >= 11 is 0. The molecular weight excluding hydrogens is 326 g/mol. The molecule has 1 aromatic rings. The highest BCUT2D eigenvalue weighted by atomic mass is 16.4. The lowest BCUT2D eigenvalue weighted by molar-refractivity contribution is -0.137. The molecule has 0 unspecified atom stereocenters. The van der Waals surface area contributed by atoms with Gasteiger partial charge in [-0.05, 0) is 39.3 Å². The molecule has 148 valence electrons. The van der Waals surface area contributed by atoms with Crippen LogP contribution in [0.3, 0.4) is 0 Å². The van der Waals surface area contributed by atoms with Gasteiger partial charge in [-0.15, -0.1) is 0 Å². The van der Waals surface area contributed by atoms with E-state index in [-0.39, 0.29) is 5.91 Å². The summed E-state index contributed by atoms with van der Waals surface area (Å²) in [5.74, 6) is -0.540. The Morgan fingerprint density at radius 3 is 2.00 bits per heavy atom. The van der Waals surface area contributed by atoms with Crippen LogP contribution in [-0.4, -0.2) is 35.0 Å². The van der Waals surface area contributed by atoms with Crippen LogP contribution in [0.15, 0.2) is 24.3 Å². The molecule has 1 aromatic carbocycles. The summed E-state index contributed by atoms with van der Waals surface area (Å²) in [5.41, 5.74) is 1.91. The fourth-order valence-corrected chi connectivity index (χ4v) is 2.70. The van der Waals surface area contributed by atoms with Crippen molar-refractivity contribution in [3.63, 3.8) is 0 Å². The van der Waals surface area contributed by atoms with E-state index in [0.717, 1.165) is 37.1 Å². The normalized spacial score (nSPS) is 10.0. The van der Waals surface area contributed by atoms with Crippen LogP contribution < -0.4 is 0 Å². The van der Waals surface area contributed by atoms with Crippen molar-refractivity contribution >= 4 is 11.9 Å². The minimum absolute atomic E-state index is 0.124. The van der Waals surface area contributed by atoms with Crippen LogP contribution in [0.4, 0.5) is 0 Å². The van der Waals surface area contributed by atoms with Crippen molar-refractivity contribution in [1.29, 1.82) is 0 Å². The molecule has 0 saturated heterocycles. The monoisotopic (exact) mass is 363 g/mol. The molecule has 0 saturated carbocycles. The van der Waals surface area contributed by atoms with E-state index in [1.165, 1.54) is 32.1 Å². The molecule has 0 aliphatic carbocycles. The van der Waals surface area contributed by atoms with Gasteiger partial charge < -0.3 is 10.0 Å². The third-order valence-electron chi connectivity index (χ3n) is 4.31. The number of unbranched alkanes of at least 4 members (excludes halogenated alkanes) is 6. The predicted molar refractivity (Wildman–Crippen MR) is 109 cm³/mol. The molecule has 0 aliphatic rings. The van der Waals surface area contributed by atoms with Crippen molar-refractivity contribution in [2.75, 3.05) is 13.1 Å². The van der Waals surface area contributed by atoms with Gasteiger partial charge in [0.1, 0.15) is 0 Å². The van der Waals surface area contributed by atoms with Gasteiger partial charge in [-0.25, -0.2) is 0 Å². The number of carboxylic acids is 1. The third-order valence-corrected chi connectivity index (χ3v) is 4.31. The molecule has 0 radical (unpaired) electrons. The summed E-state index contributed by atoms with van der Waals surface area (Å²) in [6.45, 7) is 9.73. The summed E-state index contributed by atoms with van der Waals surface area (Å²) in [4.78, 5) is 23.8. The van der Waals surface area contributed by atoms with Gasteiger partial charge in [0.2, 0.25) is 0 Å². The minimum atomic E-state index is -0.663. The Morgan fingerprint density at radius 1 is 0.923 bits per heavy atom. The van der Waals surface area contributed by atoms with Gasteiger partial charge >= 0.3 is 5.97 Å². The number of carbonyl (C=O) groups excluding carboxylic acids is 1. The quantitative estimate of drug-likeness (QED) is 0.514. The molecular formula is C22H37NO3. The molecule has 0 aliphatic heterocycles. The van der Waals surface area contributed by atoms with Gasteiger partial charge in [0, 0.05) is 25.1 Å². The van der Waals surface area contributed by atoms with E-state index in [4.69, 9.17) is 5.11 Å². The smallest absolute Gasteiger partial charge is 0.303 e. The van der Waals surface area contributed by atoms with E-state index in [1.54, 1.807) is 0 Å². The van der Waals surface area contributed by atoms with Gasteiger partial charge in [-0.1, -0.05) is 63.1 Å². The number of rotatable bonds is 11. The lowest BCUT2D eigenvalue weighted by atomic mass is 10.1. The van der Waals surface area contributed by atoms with E-state index >= 15 is 0 Å². The van der Waals surface area contributed by atoms with Crippen molar-refractivity contribution < 1.29 is 14.7 Å². The van der Waals surface area contributed by atoms with E-state index in [2.05, 4.69) is 6.92 Å². The lowest BCUT2D eigenvalue weighted by Gasteiger charge is -2.18. The van der Waals surface area contributed by atoms with Crippen LogP contribution in [0.5, 0.6) is 0 Å². The van der Waals surface area contributed by atoms with Gasteiger partial charge in [0.15, 0.2) is 0 Å². The molecule has 1 rings (SSSR count). The Morgan fingerprint density at radius 2 is 1.50 bits per heavy atom. The van der Waals surface area contributed by atoms with Crippen molar-refractivity contribution in [1.82, 2.24) is 4.90 Å². The second-order valence-corrected chi connectivity index (χ2v) is 6.61. The van der Waals surface area contributed by atoms with Gasteiger partial charge in [-0.2, -0.15) is 0 Å². The zero-order valence-electron chi connectivity index (χ0n) is 17.1. The van der Waals surface area contributed by atoms with Crippen LogP contribution in [-0.2, 0) is 4.79 Å². The fourth-order valence-electron chi connectivity index (χ4n) is 2.70.